The molecule has 0 spiro atoms. The summed E-state index contributed by atoms with van der Waals surface area (Å²) in [6.45, 7) is 13.3. The molecular formula is C20H31N5O. The van der Waals surface area contributed by atoms with Crippen molar-refractivity contribution in [3.05, 3.63) is 46.1 Å². The number of rotatable bonds is 5. The maximum atomic E-state index is 12.2. The molecule has 0 atom stereocenters. The highest BCUT2D eigenvalue weighted by atomic mass is 16.1. The molecule has 6 heteroatoms. The van der Waals surface area contributed by atoms with Crippen LogP contribution in [0.15, 0.2) is 29.3 Å². The summed E-state index contributed by atoms with van der Waals surface area (Å²) in [5.74, 6) is 0.526. The third-order valence-corrected chi connectivity index (χ3v) is 5.18. The standard InChI is InChI=1S/C20H31N5O/c1-16-13-21-24(14-16)12-11-23-9-7-17(8-10-23)15-25-19(26)6-5-18(22-25)20(2,3)4/h5-6,13-14,17H,7-12,15H2,1-4H3. The van der Waals surface area contributed by atoms with Crippen LogP contribution in [0.1, 0.15) is 44.9 Å². The molecule has 2 aromatic heterocycles. The van der Waals surface area contributed by atoms with Gasteiger partial charge in [0, 0.05) is 30.8 Å². The van der Waals surface area contributed by atoms with E-state index in [1.54, 1.807) is 10.7 Å². The van der Waals surface area contributed by atoms with Gasteiger partial charge in [0.05, 0.1) is 18.4 Å². The van der Waals surface area contributed by atoms with Gasteiger partial charge in [0.2, 0.25) is 0 Å². The van der Waals surface area contributed by atoms with Gasteiger partial charge in [-0.25, -0.2) is 4.68 Å². The Balaban J connectivity index is 1.52. The third-order valence-electron chi connectivity index (χ3n) is 5.18. The Kier molecular flexibility index (Phi) is 5.61. The Labute approximate surface area is 155 Å². The fourth-order valence-corrected chi connectivity index (χ4v) is 3.45. The van der Waals surface area contributed by atoms with Crippen LogP contribution in [-0.4, -0.2) is 44.1 Å². The zero-order valence-electron chi connectivity index (χ0n) is 16.5. The second kappa shape index (κ2) is 7.74. The number of nitrogens with zero attached hydrogens (tertiary/aromatic N) is 5. The first-order valence-corrected chi connectivity index (χ1v) is 9.61. The molecule has 0 aliphatic carbocycles. The molecule has 0 aromatic carbocycles. The van der Waals surface area contributed by atoms with Crippen molar-refractivity contribution in [1.82, 2.24) is 24.5 Å². The van der Waals surface area contributed by atoms with Crippen LogP contribution >= 0.6 is 0 Å². The van der Waals surface area contributed by atoms with Gasteiger partial charge in [-0.05, 0) is 50.4 Å². The van der Waals surface area contributed by atoms with Crippen molar-refractivity contribution in [2.24, 2.45) is 5.92 Å². The predicted molar refractivity (Wildman–Crippen MR) is 103 cm³/mol. The summed E-state index contributed by atoms with van der Waals surface area (Å²) >= 11 is 0. The monoisotopic (exact) mass is 357 g/mol. The van der Waals surface area contributed by atoms with Crippen LogP contribution in [0.3, 0.4) is 0 Å². The SMILES string of the molecule is Cc1cnn(CCN2CCC(Cn3nc(C(C)(C)C)ccc3=O)CC2)c1. The van der Waals surface area contributed by atoms with Crippen LogP contribution in [0.5, 0.6) is 0 Å². The molecule has 0 amide bonds. The summed E-state index contributed by atoms with van der Waals surface area (Å²) in [5.41, 5.74) is 2.15. The lowest BCUT2D eigenvalue weighted by Crippen LogP contribution is -2.38. The summed E-state index contributed by atoms with van der Waals surface area (Å²) in [5, 5.41) is 8.97. The van der Waals surface area contributed by atoms with E-state index in [-0.39, 0.29) is 11.0 Å². The van der Waals surface area contributed by atoms with Crippen LogP contribution in [0, 0.1) is 12.8 Å². The van der Waals surface area contributed by atoms with Crippen LogP contribution in [0.25, 0.3) is 0 Å². The average molecular weight is 358 g/mol. The van der Waals surface area contributed by atoms with Crippen molar-refractivity contribution >= 4 is 0 Å². The molecule has 0 radical (unpaired) electrons. The van der Waals surface area contributed by atoms with Gasteiger partial charge in [0.25, 0.3) is 5.56 Å². The zero-order chi connectivity index (χ0) is 18.7. The van der Waals surface area contributed by atoms with E-state index in [0.29, 0.717) is 5.92 Å². The van der Waals surface area contributed by atoms with Crippen LogP contribution in [0.4, 0.5) is 0 Å². The Bertz CT molecular complexity index is 778. The van der Waals surface area contributed by atoms with E-state index in [2.05, 4.69) is 49.0 Å². The summed E-state index contributed by atoms with van der Waals surface area (Å²) < 4.78 is 3.69. The molecule has 142 valence electrons. The minimum absolute atomic E-state index is 0.00878. The number of piperidine rings is 1. The Morgan fingerprint density at radius 1 is 1.15 bits per heavy atom. The summed E-state index contributed by atoms with van der Waals surface area (Å²) in [6.07, 6.45) is 6.23. The highest BCUT2D eigenvalue weighted by Gasteiger charge is 2.21. The molecule has 2 aromatic rings. The Morgan fingerprint density at radius 3 is 2.50 bits per heavy atom. The largest absolute Gasteiger partial charge is 0.301 e. The van der Waals surface area contributed by atoms with Gasteiger partial charge in [0.15, 0.2) is 0 Å². The smallest absolute Gasteiger partial charge is 0.266 e. The maximum Gasteiger partial charge on any atom is 0.266 e. The fraction of sp³-hybridized carbons (Fsp3) is 0.650. The Morgan fingerprint density at radius 2 is 1.88 bits per heavy atom. The second-order valence-electron chi connectivity index (χ2n) is 8.55. The van der Waals surface area contributed by atoms with Crippen molar-refractivity contribution in [3.8, 4) is 0 Å². The van der Waals surface area contributed by atoms with Crippen molar-refractivity contribution in [3.63, 3.8) is 0 Å². The number of aryl methyl sites for hydroxylation is 1. The first-order valence-electron chi connectivity index (χ1n) is 9.61. The average Bonchev–Trinajstić information content (AvgIpc) is 3.00. The molecule has 1 aliphatic rings. The molecule has 3 rings (SSSR count). The number of hydrogen-bond acceptors (Lipinski definition) is 4. The van der Waals surface area contributed by atoms with E-state index < -0.39 is 0 Å². The lowest BCUT2D eigenvalue weighted by molar-refractivity contribution is 0.163. The molecule has 26 heavy (non-hydrogen) atoms. The molecule has 0 bridgehead atoms. The summed E-state index contributed by atoms with van der Waals surface area (Å²) in [6, 6.07) is 3.52. The first kappa shape index (κ1) is 18.8. The van der Waals surface area contributed by atoms with Crippen molar-refractivity contribution < 1.29 is 0 Å². The molecule has 1 saturated heterocycles. The number of likely N-dealkylation sites (tertiary alicyclic amines) is 1. The minimum Gasteiger partial charge on any atom is -0.301 e. The molecule has 1 aliphatic heterocycles. The first-order chi connectivity index (χ1) is 12.3. The maximum absolute atomic E-state index is 12.2. The lowest BCUT2D eigenvalue weighted by Gasteiger charge is -2.32. The van der Waals surface area contributed by atoms with Gasteiger partial charge in [-0.2, -0.15) is 10.2 Å². The van der Waals surface area contributed by atoms with Gasteiger partial charge < -0.3 is 4.90 Å². The van der Waals surface area contributed by atoms with Gasteiger partial charge in [0.1, 0.15) is 0 Å². The quantitative estimate of drug-likeness (QED) is 0.825. The minimum atomic E-state index is -0.0380. The predicted octanol–water partition coefficient (Wildman–Crippen LogP) is 2.46. The number of hydrogen-bond donors (Lipinski definition) is 0. The van der Waals surface area contributed by atoms with Crippen LogP contribution in [-0.2, 0) is 18.5 Å². The molecular weight excluding hydrogens is 326 g/mol. The molecule has 1 fully saturated rings. The van der Waals surface area contributed by atoms with E-state index >= 15 is 0 Å². The third kappa shape index (κ3) is 4.81. The van der Waals surface area contributed by atoms with Crippen molar-refractivity contribution in [1.29, 1.82) is 0 Å². The van der Waals surface area contributed by atoms with Crippen molar-refractivity contribution in [2.75, 3.05) is 19.6 Å². The van der Waals surface area contributed by atoms with Gasteiger partial charge >= 0.3 is 0 Å². The van der Waals surface area contributed by atoms with Gasteiger partial charge in [-0.15, -0.1) is 0 Å². The zero-order valence-corrected chi connectivity index (χ0v) is 16.5. The Hall–Kier alpha value is -1.95. The highest BCUT2D eigenvalue weighted by molar-refractivity contribution is 5.10. The van der Waals surface area contributed by atoms with Crippen molar-refractivity contribution in [2.45, 2.75) is 59.0 Å². The number of aromatic nitrogens is 4. The van der Waals surface area contributed by atoms with Crippen LogP contribution in [0.2, 0.25) is 0 Å². The summed E-state index contributed by atoms with van der Waals surface area (Å²) in [7, 11) is 0. The van der Waals surface area contributed by atoms with E-state index in [0.717, 1.165) is 51.3 Å². The molecule has 0 N–H and O–H groups in total. The highest BCUT2D eigenvalue weighted by Crippen LogP contribution is 2.20. The summed E-state index contributed by atoms with van der Waals surface area (Å²) in [4.78, 5) is 14.7. The van der Waals surface area contributed by atoms with E-state index in [9.17, 15) is 4.79 Å². The molecule has 6 nitrogen and oxygen atoms in total. The lowest BCUT2D eigenvalue weighted by atomic mass is 9.92. The molecule has 3 heterocycles. The molecule has 0 unspecified atom stereocenters. The van der Waals surface area contributed by atoms with E-state index in [4.69, 9.17) is 0 Å². The van der Waals surface area contributed by atoms with Gasteiger partial charge in [-0.1, -0.05) is 20.8 Å². The fourth-order valence-electron chi connectivity index (χ4n) is 3.45. The second-order valence-corrected chi connectivity index (χ2v) is 8.55. The normalized spacial score (nSPS) is 16.9. The van der Waals surface area contributed by atoms with Crippen LogP contribution < -0.4 is 5.56 Å². The van der Waals surface area contributed by atoms with E-state index in [1.165, 1.54) is 5.56 Å². The molecule has 0 saturated carbocycles. The van der Waals surface area contributed by atoms with Gasteiger partial charge in [-0.3, -0.25) is 9.48 Å². The van der Waals surface area contributed by atoms with E-state index in [1.807, 2.05) is 16.9 Å². The topological polar surface area (TPSA) is 56.0 Å².